The summed E-state index contributed by atoms with van der Waals surface area (Å²) in [6.45, 7) is 14.8. The number of hydrogen-bond donors (Lipinski definition) is 1. The molecule has 0 rings (SSSR count). The van der Waals surface area contributed by atoms with E-state index in [2.05, 4.69) is 53.5 Å². The average molecular weight is 244 g/mol. The molecule has 0 fully saturated rings. The molecule has 0 aromatic heterocycles. The lowest BCUT2D eigenvalue weighted by Crippen LogP contribution is -2.63. The molecule has 0 aliphatic rings. The Morgan fingerprint density at radius 2 is 1.65 bits per heavy atom. The fraction of sp³-hybridized carbons (Fsp3) is 1.00. The van der Waals surface area contributed by atoms with E-state index in [1.165, 1.54) is 0 Å². The molecule has 0 aromatic carbocycles. The second-order valence-corrected chi connectivity index (χ2v) is 6.55. The first kappa shape index (κ1) is 16.9. The van der Waals surface area contributed by atoms with E-state index in [0.29, 0.717) is 25.1 Å². The second kappa shape index (κ2) is 6.17. The molecule has 0 spiro atoms. The van der Waals surface area contributed by atoms with Crippen molar-refractivity contribution in [2.75, 3.05) is 27.3 Å². The predicted molar refractivity (Wildman–Crippen MR) is 75.2 cm³/mol. The minimum absolute atomic E-state index is 0.0819. The fourth-order valence-corrected chi connectivity index (χ4v) is 2.33. The van der Waals surface area contributed by atoms with Crippen LogP contribution in [0, 0.1) is 11.3 Å². The largest absolute Gasteiger partial charge is 0.383 e. The zero-order valence-electron chi connectivity index (χ0n) is 13.0. The van der Waals surface area contributed by atoms with Gasteiger partial charge in [-0.05, 0) is 25.3 Å². The highest BCUT2D eigenvalue weighted by Gasteiger charge is 2.41. The molecule has 0 aromatic rings. The van der Waals surface area contributed by atoms with Crippen molar-refractivity contribution in [1.29, 1.82) is 0 Å². The van der Waals surface area contributed by atoms with Crippen LogP contribution in [0.15, 0.2) is 0 Å². The van der Waals surface area contributed by atoms with Gasteiger partial charge in [-0.3, -0.25) is 4.90 Å². The van der Waals surface area contributed by atoms with Gasteiger partial charge in [-0.25, -0.2) is 0 Å². The number of methoxy groups -OCH3 is 1. The van der Waals surface area contributed by atoms with Gasteiger partial charge >= 0.3 is 0 Å². The molecule has 0 aliphatic heterocycles. The number of rotatable bonds is 6. The molecule has 104 valence electrons. The Kier molecular flexibility index (Phi) is 6.12. The monoisotopic (exact) mass is 244 g/mol. The number of hydrogen-bond acceptors (Lipinski definition) is 3. The smallest absolute Gasteiger partial charge is 0.0661 e. The van der Waals surface area contributed by atoms with Crippen molar-refractivity contribution >= 4 is 0 Å². The maximum Gasteiger partial charge on any atom is 0.0661 e. The van der Waals surface area contributed by atoms with E-state index in [1.807, 2.05) is 0 Å². The van der Waals surface area contributed by atoms with Crippen molar-refractivity contribution in [1.82, 2.24) is 4.90 Å². The Morgan fingerprint density at radius 1 is 1.18 bits per heavy atom. The summed E-state index contributed by atoms with van der Waals surface area (Å²) in [6.07, 6.45) is 0. The molecule has 0 aliphatic carbocycles. The van der Waals surface area contributed by atoms with E-state index in [4.69, 9.17) is 10.5 Å². The van der Waals surface area contributed by atoms with Crippen LogP contribution in [0.5, 0.6) is 0 Å². The fourth-order valence-electron chi connectivity index (χ4n) is 2.33. The summed E-state index contributed by atoms with van der Waals surface area (Å²) in [4.78, 5) is 2.40. The predicted octanol–water partition coefficient (Wildman–Crippen LogP) is 2.35. The van der Waals surface area contributed by atoms with Gasteiger partial charge in [0.2, 0.25) is 0 Å². The van der Waals surface area contributed by atoms with Gasteiger partial charge in [-0.15, -0.1) is 0 Å². The Hall–Kier alpha value is -0.120. The molecule has 0 bridgehead atoms. The van der Waals surface area contributed by atoms with Crippen LogP contribution in [0.1, 0.15) is 41.5 Å². The second-order valence-electron chi connectivity index (χ2n) is 6.55. The molecule has 0 saturated carbocycles. The molecule has 0 heterocycles. The first-order chi connectivity index (χ1) is 7.63. The van der Waals surface area contributed by atoms with E-state index >= 15 is 0 Å². The van der Waals surface area contributed by atoms with Crippen molar-refractivity contribution in [2.24, 2.45) is 17.1 Å². The minimum Gasteiger partial charge on any atom is -0.383 e. The number of likely N-dealkylation sites (N-methyl/N-ethyl adjacent to an activating group) is 1. The summed E-state index contributed by atoms with van der Waals surface area (Å²) in [5.74, 6) is 0.460. The van der Waals surface area contributed by atoms with Crippen LogP contribution in [0.25, 0.3) is 0 Å². The van der Waals surface area contributed by atoms with Crippen molar-refractivity contribution in [3.63, 3.8) is 0 Å². The Bertz CT molecular complexity index is 223. The molecule has 0 saturated heterocycles. The van der Waals surface area contributed by atoms with E-state index in [-0.39, 0.29) is 11.0 Å². The van der Waals surface area contributed by atoms with Crippen LogP contribution in [-0.2, 0) is 4.74 Å². The number of ether oxygens (including phenoxy) is 1. The van der Waals surface area contributed by atoms with Gasteiger partial charge in [0.15, 0.2) is 0 Å². The van der Waals surface area contributed by atoms with Gasteiger partial charge in [-0.2, -0.15) is 0 Å². The van der Waals surface area contributed by atoms with Crippen LogP contribution < -0.4 is 5.73 Å². The Morgan fingerprint density at radius 3 is 1.88 bits per heavy atom. The van der Waals surface area contributed by atoms with Crippen LogP contribution >= 0.6 is 0 Å². The normalized spacial score (nSPS) is 18.5. The zero-order chi connectivity index (χ0) is 13.9. The van der Waals surface area contributed by atoms with Gasteiger partial charge in [0.1, 0.15) is 0 Å². The van der Waals surface area contributed by atoms with Crippen molar-refractivity contribution < 1.29 is 4.74 Å². The molecular weight excluding hydrogens is 212 g/mol. The highest BCUT2D eigenvalue weighted by atomic mass is 16.5. The summed E-state index contributed by atoms with van der Waals surface area (Å²) < 4.78 is 5.42. The summed E-state index contributed by atoms with van der Waals surface area (Å²) in [5.41, 5.74) is 6.21. The maximum atomic E-state index is 6.06. The lowest BCUT2D eigenvalue weighted by atomic mass is 9.79. The van der Waals surface area contributed by atoms with Crippen LogP contribution in [-0.4, -0.2) is 43.8 Å². The third-order valence-electron chi connectivity index (χ3n) is 4.36. The Labute approximate surface area is 108 Å². The highest BCUT2D eigenvalue weighted by Crippen LogP contribution is 2.32. The quantitative estimate of drug-likeness (QED) is 0.779. The van der Waals surface area contributed by atoms with Crippen LogP contribution in [0.3, 0.4) is 0 Å². The zero-order valence-corrected chi connectivity index (χ0v) is 13.0. The summed E-state index contributed by atoms with van der Waals surface area (Å²) >= 11 is 0. The molecule has 3 heteroatoms. The van der Waals surface area contributed by atoms with Gasteiger partial charge in [0.25, 0.3) is 0 Å². The third kappa shape index (κ3) is 3.67. The third-order valence-corrected chi connectivity index (χ3v) is 4.36. The standard InChI is InChI=1S/C14H32N2O/c1-11(2)14(9-15,10-17-8)16(7)12(3)13(4,5)6/h11-12H,9-10,15H2,1-8H3. The van der Waals surface area contributed by atoms with Crippen molar-refractivity contribution in [2.45, 2.75) is 53.1 Å². The molecular formula is C14H32N2O. The van der Waals surface area contributed by atoms with Gasteiger partial charge in [0.05, 0.1) is 12.1 Å². The lowest BCUT2D eigenvalue weighted by Gasteiger charge is -2.50. The van der Waals surface area contributed by atoms with Gasteiger partial charge < -0.3 is 10.5 Å². The molecule has 0 radical (unpaired) electrons. The SMILES string of the molecule is COCC(CN)(C(C)C)N(C)C(C)C(C)(C)C. The van der Waals surface area contributed by atoms with E-state index in [0.717, 1.165) is 0 Å². The summed E-state index contributed by atoms with van der Waals surface area (Å²) in [7, 11) is 3.92. The van der Waals surface area contributed by atoms with Crippen molar-refractivity contribution in [3.05, 3.63) is 0 Å². The molecule has 2 atom stereocenters. The molecule has 2 N–H and O–H groups in total. The van der Waals surface area contributed by atoms with E-state index in [1.54, 1.807) is 7.11 Å². The van der Waals surface area contributed by atoms with Crippen LogP contribution in [0.4, 0.5) is 0 Å². The first-order valence-corrected chi connectivity index (χ1v) is 6.55. The van der Waals surface area contributed by atoms with E-state index < -0.39 is 0 Å². The summed E-state index contributed by atoms with van der Waals surface area (Å²) in [5, 5.41) is 0. The van der Waals surface area contributed by atoms with E-state index in [9.17, 15) is 0 Å². The first-order valence-electron chi connectivity index (χ1n) is 6.55. The molecule has 3 nitrogen and oxygen atoms in total. The number of nitrogens with two attached hydrogens (primary N) is 1. The minimum atomic E-state index is -0.0819. The molecule has 0 amide bonds. The molecule has 17 heavy (non-hydrogen) atoms. The number of nitrogens with zero attached hydrogens (tertiary/aromatic N) is 1. The average Bonchev–Trinajstić information content (AvgIpc) is 2.22. The highest BCUT2D eigenvalue weighted by molar-refractivity contribution is 4.97. The maximum absolute atomic E-state index is 6.06. The van der Waals surface area contributed by atoms with Gasteiger partial charge in [-0.1, -0.05) is 34.6 Å². The van der Waals surface area contributed by atoms with Crippen LogP contribution in [0.2, 0.25) is 0 Å². The van der Waals surface area contributed by atoms with Gasteiger partial charge in [0, 0.05) is 19.7 Å². The topological polar surface area (TPSA) is 38.5 Å². The Balaban J connectivity index is 5.18. The molecule has 2 unspecified atom stereocenters. The summed E-state index contributed by atoms with van der Waals surface area (Å²) in [6, 6.07) is 0.448. The lowest BCUT2D eigenvalue weighted by molar-refractivity contribution is -0.0446. The van der Waals surface area contributed by atoms with Crippen molar-refractivity contribution in [3.8, 4) is 0 Å².